The quantitative estimate of drug-likeness (QED) is 0.261. The molecule has 0 spiro atoms. The third-order valence-electron chi connectivity index (χ3n) is 8.28. The average molecular weight is 563 g/mol. The molecule has 4 aliphatic rings. The summed E-state index contributed by atoms with van der Waals surface area (Å²) in [6.45, 7) is 5.55. The number of amides is 3. The average Bonchev–Trinajstić information content (AvgIpc) is 3.64. The second-order valence-electron chi connectivity index (χ2n) is 10.8. The number of piperidine rings is 1. The van der Waals surface area contributed by atoms with Crippen LogP contribution in [0.25, 0.3) is 0 Å². The minimum absolute atomic E-state index is 0.00631. The highest BCUT2D eigenvalue weighted by atomic mass is 32.2. The number of tetrazole rings is 1. The van der Waals surface area contributed by atoms with Crippen LogP contribution in [0.2, 0.25) is 0 Å². The molecule has 39 heavy (non-hydrogen) atoms. The Hall–Kier alpha value is -3.04. The normalized spacial score (nSPS) is 29.8. The molecule has 14 nitrogen and oxygen atoms in total. The molecule has 15 heteroatoms. The molecule has 0 bridgehead atoms. The van der Waals surface area contributed by atoms with Crippen molar-refractivity contribution in [3.05, 3.63) is 16.9 Å². The van der Waals surface area contributed by atoms with Gasteiger partial charge < -0.3 is 30.6 Å². The van der Waals surface area contributed by atoms with Crippen molar-refractivity contribution >= 4 is 35.5 Å². The minimum Gasteiger partial charge on any atom is -0.477 e. The number of aliphatic carboxylic acids is 1. The predicted molar refractivity (Wildman–Crippen MR) is 138 cm³/mol. The van der Waals surface area contributed by atoms with Gasteiger partial charge in [-0.1, -0.05) is 6.92 Å². The van der Waals surface area contributed by atoms with Gasteiger partial charge in [0.25, 0.3) is 0 Å². The Morgan fingerprint density at radius 2 is 2.03 bits per heavy atom. The second kappa shape index (κ2) is 11.2. The van der Waals surface area contributed by atoms with Gasteiger partial charge in [-0.3, -0.25) is 14.4 Å². The molecule has 3 amide bonds. The van der Waals surface area contributed by atoms with Crippen LogP contribution in [-0.2, 0) is 25.7 Å². The van der Waals surface area contributed by atoms with Crippen LogP contribution in [0, 0.1) is 17.8 Å². The van der Waals surface area contributed by atoms with E-state index in [-0.39, 0.29) is 65.7 Å². The number of fused-ring (bicyclic) bond motifs is 1. The van der Waals surface area contributed by atoms with Gasteiger partial charge in [0, 0.05) is 48.4 Å². The number of β-lactam (4-membered cyclic amide) rings is 1. The Kier molecular flexibility index (Phi) is 7.91. The second-order valence-corrected chi connectivity index (χ2v) is 12.1. The van der Waals surface area contributed by atoms with E-state index in [1.807, 2.05) is 11.8 Å². The van der Waals surface area contributed by atoms with E-state index in [0.29, 0.717) is 31.0 Å². The van der Waals surface area contributed by atoms with E-state index in [1.165, 1.54) is 27.7 Å². The molecule has 3 fully saturated rings. The predicted octanol–water partition coefficient (Wildman–Crippen LogP) is -1.35. The molecule has 1 aromatic heterocycles. The summed E-state index contributed by atoms with van der Waals surface area (Å²) >= 11 is 1.44. The van der Waals surface area contributed by atoms with Crippen LogP contribution in [0.1, 0.15) is 33.1 Å². The lowest BCUT2D eigenvalue weighted by Crippen LogP contribution is -2.66. The molecule has 6 atom stereocenters. The van der Waals surface area contributed by atoms with Crippen LogP contribution < -0.4 is 10.6 Å². The van der Waals surface area contributed by atoms with Crippen LogP contribution in [0.3, 0.4) is 0 Å². The molecule has 4 N–H and O–H groups in total. The lowest BCUT2D eigenvalue weighted by Gasteiger charge is -2.47. The molecular formula is C24H34N8O6S. The molecular weight excluding hydrogens is 528 g/mol. The summed E-state index contributed by atoms with van der Waals surface area (Å²) in [6, 6.07) is -1.20. The molecule has 0 unspecified atom stereocenters. The van der Waals surface area contributed by atoms with E-state index >= 15 is 0 Å². The SMILES string of the molecule is C[C@@H](NC(=O)Cn1cnnn1)[C@H]1C(=O)N2C(C(=O)O)=C(S[C@@H]3CN[C@H](C(=O)N4CCC(CO)CC4)C3)[C@H](C)[C@H]12. The maximum Gasteiger partial charge on any atom is 0.353 e. The largest absolute Gasteiger partial charge is 0.477 e. The minimum atomic E-state index is -1.15. The summed E-state index contributed by atoms with van der Waals surface area (Å²) in [6.07, 6.45) is 3.48. The van der Waals surface area contributed by atoms with Crippen molar-refractivity contribution in [2.24, 2.45) is 17.8 Å². The third kappa shape index (κ3) is 5.26. The Morgan fingerprint density at radius 3 is 2.67 bits per heavy atom. The molecule has 1 aromatic rings. The van der Waals surface area contributed by atoms with Crippen molar-refractivity contribution in [3.63, 3.8) is 0 Å². The van der Waals surface area contributed by atoms with Gasteiger partial charge in [0.1, 0.15) is 18.6 Å². The fourth-order valence-corrected chi connectivity index (χ4v) is 7.68. The standard InChI is InChI=1S/C24H34N8O6S/c1-12-19-18(13(2)27-17(34)9-31-11-26-28-29-31)23(36)32(19)20(24(37)38)21(12)39-15-7-16(25-8-15)22(35)30-5-3-14(10-33)4-6-30/h11-16,18-19,25,33H,3-10H2,1-2H3,(H,27,34)(H,37,38)/t12-,13-,15+,16+,18-,19-/m1/s1. The van der Waals surface area contributed by atoms with Gasteiger partial charge >= 0.3 is 5.97 Å². The molecule has 0 saturated carbocycles. The van der Waals surface area contributed by atoms with Crippen molar-refractivity contribution in [2.75, 3.05) is 26.2 Å². The smallest absolute Gasteiger partial charge is 0.353 e. The highest BCUT2D eigenvalue weighted by Gasteiger charge is 2.60. The zero-order valence-electron chi connectivity index (χ0n) is 21.9. The summed E-state index contributed by atoms with van der Waals surface area (Å²) < 4.78 is 1.28. The van der Waals surface area contributed by atoms with Gasteiger partial charge in [-0.25, -0.2) is 9.48 Å². The zero-order chi connectivity index (χ0) is 27.8. The van der Waals surface area contributed by atoms with E-state index in [4.69, 9.17) is 0 Å². The van der Waals surface area contributed by atoms with Crippen LogP contribution in [0.15, 0.2) is 16.9 Å². The van der Waals surface area contributed by atoms with E-state index in [9.17, 15) is 29.4 Å². The number of aliphatic hydroxyl groups excluding tert-OH is 1. The summed E-state index contributed by atoms with van der Waals surface area (Å²) in [7, 11) is 0. The fraction of sp³-hybridized carbons (Fsp3) is 0.708. The lowest BCUT2D eigenvalue weighted by atomic mass is 9.78. The first-order valence-corrected chi connectivity index (χ1v) is 14.2. The fourth-order valence-electron chi connectivity index (χ4n) is 6.20. The van der Waals surface area contributed by atoms with Crippen molar-refractivity contribution in [1.29, 1.82) is 0 Å². The Balaban J connectivity index is 1.21. The van der Waals surface area contributed by atoms with Gasteiger partial charge in [-0.05, 0) is 42.5 Å². The van der Waals surface area contributed by atoms with Crippen LogP contribution in [-0.4, -0.2) is 114 Å². The molecule has 3 saturated heterocycles. The monoisotopic (exact) mass is 562 g/mol. The van der Waals surface area contributed by atoms with Gasteiger partial charge in [0.05, 0.1) is 18.0 Å². The Labute approximate surface area is 229 Å². The van der Waals surface area contributed by atoms with E-state index < -0.39 is 17.9 Å². The summed E-state index contributed by atoms with van der Waals surface area (Å²) in [5.74, 6) is -2.30. The number of carboxylic acid groups (broad SMARTS) is 1. The van der Waals surface area contributed by atoms with E-state index in [2.05, 4.69) is 26.2 Å². The third-order valence-corrected chi connectivity index (χ3v) is 9.79. The number of hydrogen-bond acceptors (Lipinski definition) is 10. The van der Waals surface area contributed by atoms with Crippen LogP contribution >= 0.6 is 11.8 Å². The number of carbonyl (C=O) groups excluding carboxylic acids is 3. The number of nitrogens with zero attached hydrogens (tertiary/aromatic N) is 6. The highest BCUT2D eigenvalue weighted by molar-refractivity contribution is 8.03. The number of thioether (sulfide) groups is 1. The number of carbonyl (C=O) groups is 4. The number of likely N-dealkylation sites (tertiary alicyclic amines) is 1. The van der Waals surface area contributed by atoms with Crippen molar-refractivity contribution < 1.29 is 29.4 Å². The van der Waals surface area contributed by atoms with Crippen LogP contribution in [0.5, 0.6) is 0 Å². The first kappa shape index (κ1) is 27.5. The molecule has 0 aromatic carbocycles. The summed E-state index contributed by atoms with van der Waals surface area (Å²) in [4.78, 5) is 54.8. The maximum atomic E-state index is 13.1. The number of nitrogens with one attached hydrogen (secondary N) is 2. The van der Waals surface area contributed by atoms with E-state index in [1.54, 1.807) is 6.92 Å². The number of aromatic nitrogens is 4. The van der Waals surface area contributed by atoms with Gasteiger partial charge in [-0.15, -0.1) is 16.9 Å². The Bertz CT molecular complexity index is 1150. The van der Waals surface area contributed by atoms with Gasteiger partial charge in [-0.2, -0.15) is 0 Å². The van der Waals surface area contributed by atoms with Gasteiger partial charge in [0.2, 0.25) is 17.7 Å². The number of rotatable bonds is 9. The zero-order valence-corrected chi connectivity index (χ0v) is 22.7. The number of aliphatic hydroxyl groups is 1. The maximum absolute atomic E-state index is 13.1. The topological polar surface area (TPSA) is 183 Å². The summed E-state index contributed by atoms with van der Waals surface area (Å²) in [5.41, 5.74) is 0.00631. The first-order valence-electron chi connectivity index (χ1n) is 13.3. The molecule has 5 heterocycles. The molecule has 4 aliphatic heterocycles. The van der Waals surface area contributed by atoms with Crippen molar-refractivity contribution in [1.82, 2.24) is 40.6 Å². The number of hydrogen-bond donors (Lipinski definition) is 4. The first-order chi connectivity index (χ1) is 18.7. The Morgan fingerprint density at radius 1 is 1.28 bits per heavy atom. The molecule has 212 valence electrons. The van der Waals surface area contributed by atoms with Crippen LogP contribution in [0.4, 0.5) is 0 Å². The molecule has 5 rings (SSSR count). The molecule has 0 aliphatic carbocycles. The lowest BCUT2D eigenvalue weighted by molar-refractivity contribution is -0.158. The van der Waals surface area contributed by atoms with Crippen molar-refractivity contribution in [3.8, 4) is 0 Å². The highest BCUT2D eigenvalue weighted by Crippen LogP contribution is 2.51. The summed E-state index contributed by atoms with van der Waals surface area (Å²) in [5, 5.41) is 36.2. The number of carboxylic acids is 1. The molecule has 0 radical (unpaired) electrons. The van der Waals surface area contributed by atoms with Gasteiger partial charge in [0.15, 0.2) is 0 Å². The van der Waals surface area contributed by atoms with Crippen molar-refractivity contribution in [2.45, 2.75) is 63.0 Å². The van der Waals surface area contributed by atoms with E-state index in [0.717, 1.165) is 12.8 Å².